The van der Waals surface area contributed by atoms with Gasteiger partial charge in [-0.05, 0) is 30.5 Å². The first-order valence-corrected chi connectivity index (χ1v) is 13.7. The Morgan fingerprint density at radius 2 is 1.85 bits per heavy atom. The summed E-state index contributed by atoms with van der Waals surface area (Å²) in [6, 6.07) is 7.57. The molecule has 3 aromatic heterocycles. The zero-order valence-corrected chi connectivity index (χ0v) is 20.4. The predicted molar refractivity (Wildman–Crippen MR) is 129 cm³/mol. The maximum absolute atomic E-state index is 11.8. The Morgan fingerprint density at radius 1 is 1.12 bits per heavy atom. The van der Waals surface area contributed by atoms with Crippen molar-refractivity contribution in [2.24, 2.45) is 0 Å². The first-order chi connectivity index (χ1) is 15.8. The molecule has 4 aromatic rings. The van der Waals surface area contributed by atoms with E-state index in [9.17, 15) is 8.42 Å². The van der Waals surface area contributed by atoms with Gasteiger partial charge in [0.2, 0.25) is 0 Å². The lowest BCUT2D eigenvalue weighted by Gasteiger charge is -2.30. The Kier molecular flexibility index (Phi) is 5.65. The molecule has 1 saturated heterocycles. The molecule has 10 heteroatoms. The molecule has 0 radical (unpaired) electrons. The standard InChI is InChI=1S/C23H25N5O3S2/c1-14(2)22-26-23(31-27-22)28-10-8-16(9-11-28)19-21-20(25-13-24-19)18(12-32-21)15-4-6-17(7-5-15)33(3,29)30/h4-7,12-14,16H,8-11H2,1-3H3. The van der Waals surface area contributed by atoms with Crippen LogP contribution in [0.4, 0.5) is 6.01 Å². The van der Waals surface area contributed by atoms with E-state index in [0.717, 1.165) is 58.8 Å². The number of hydrogen-bond acceptors (Lipinski definition) is 9. The average Bonchev–Trinajstić information content (AvgIpc) is 3.46. The molecule has 4 heterocycles. The van der Waals surface area contributed by atoms with Gasteiger partial charge in [0.1, 0.15) is 6.33 Å². The van der Waals surface area contributed by atoms with Crippen molar-refractivity contribution in [3.8, 4) is 11.1 Å². The molecule has 1 aromatic carbocycles. The zero-order chi connectivity index (χ0) is 23.2. The van der Waals surface area contributed by atoms with Crippen LogP contribution in [0.25, 0.3) is 21.3 Å². The Hall–Kier alpha value is -2.85. The Balaban J connectivity index is 1.37. The van der Waals surface area contributed by atoms with Gasteiger partial charge < -0.3 is 9.42 Å². The van der Waals surface area contributed by atoms with Crippen LogP contribution in [-0.4, -0.2) is 47.9 Å². The summed E-state index contributed by atoms with van der Waals surface area (Å²) >= 11 is 1.64. The molecular weight excluding hydrogens is 458 g/mol. The second-order valence-electron chi connectivity index (χ2n) is 8.73. The van der Waals surface area contributed by atoms with Crippen molar-refractivity contribution in [1.82, 2.24) is 20.1 Å². The minimum Gasteiger partial charge on any atom is -0.324 e. The van der Waals surface area contributed by atoms with Gasteiger partial charge in [0.25, 0.3) is 0 Å². The van der Waals surface area contributed by atoms with E-state index in [4.69, 9.17) is 4.52 Å². The fourth-order valence-corrected chi connectivity index (χ4v) is 5.91. The molecule has 172 valence electrons. The molecule has 33 heavy (non-hydrogen) atoms. The van der Waals surface area contributed by atoms with Crippen LogP contribution in [0, 0.1) is 0 Å². The van der Waals surface area contributed by atoms with Crippen LogP contribution >= 0.6 is 11.3 Å². The number of fused-ring (bicyclic) bond motifs is 1. The fraction of sp³-hybridized carbons (Fsp3) is 0.391. The maximum atomic E-state index is 11.8. The summed E-state index contributed by atoms with van der Waals surface area (Å²) < 4.78 is 30.1. The third-order valence-electron chi connectivity index (χ3n) is 6.07. The van der Waals surface area contributed by atoms with Gasteiger partial charge in [-0.2, -0.15) is 4.98 Å². The van der Waals surface area contributed by atoms with Crippen molar-refractivity contribution in [3.05, 3.63) is 47.5 Å². The van der Waals surface area contributed by atoms with Crippen LogP contribution in [0.1, 0.15) is 50.0 Å². The number of rotatable bonds is 5. The highest BCUT2D eigenvalue weighted by Crippen LogP contribution is 2.39. The second-order valence-corrected chi connectivity index (χ2v) is 11.6. The number of piperidine rings is 1. The van der Waals surface area contributed by atoms with Gasteiger partial charge in [0.15, 0.2) is 15.7 Å². The summed E-state index contributed by atoms with van der Waals surface area (Å²) in [4.78, 5) is 16.2. The Labute approximate surface area is 196 Å². The third kappa shape index (κ3) is 4.24. The van der Waals surface area contributed by atoms with Crippen molar-refractivity contribution in [2.75, 3.05) is 24.2 Å². The lowest BCUT2D eigenvalue weighted by atomic mass is 9.93. The number of nitrogens with zero attached hydrogens (tertiary/aromatic N) is 5. The summed E-state index contributed by atoms with van der Waals surface area (Å²) in [6.07, 6.45) is 4.75. The van der Waals surface area contributed by atoms with Crippen LogP contribution in [0.3, 0.4) is 0 Å². The number of thiophene rings is 1. The molecule has 0 spiro atoms. The first-order valence-electron chi connectivity index (χ1n) is 10.9. The van der Waals surface area contributed by atoms with Crippen LogP contribution in [-0.2, 0) is 9.84 Å². The molecule has 0 N–H and O–H groups in total. The smallest absolute Gasteiger partial charge is 0.324 e. The Morgan fingerprint density at radius 3 is 2.48 bits per heavy atom. The molecule has 1 aliphatic heterocycles. The van der Waals surface area contributed by atoms with Gasteiger partial charge in [-0.1, -0.05) is 31.1 Å². The van der Waals surface area contributed by atoms with Crippen LogP contribution in [0.15, 0.2) is 45.4 Å². The molecule has 1 fully saturated rings. The lowest BCUT2D eigenvalue weighted by Crippen LogP contribution is -2.33. The average molecular weight is 484 g/mol. The zero-order valence-electron chi connectivity index (χ0n) is 18.7. The van der Waals surface area contributed by atoms with Crippen molar-refractivity contribution >= 4 is 37.4 Å². The largest absolute Gasteiger partial charge is 0.324 e. The number of anilines is 1. The molecule has 0 amide bonds. The monoisotopic (exact) mass is 483 g/mol. The molecule has 5 rings (SSSR count). The van der Waals surface area contributed by atoms with Gasteiger partial charge >= 0.3 is 6.01 Å². The van der Waals surface area contributed by atoms with E-state index < -0.39 is 9.84 Å². The number of aromatic nitrogens is 4. The minimum atomic E-state index is -3.22. The first kappa shape index (κ1) is 22.0. The summed E-state index contributed by atoms with van der Waals surface area (Å²) in [5.74, 6) is 1.31. The number of sulfone groups is 1. The number of benzene rings is 1. The van der Waals surface area contributed by atoms with Gasteiger partial charge in [0.05, 0.1) is 20.8 Å². The van der Waals surface area contributed by atoms with Crippen molar-refractivity contribution < 1.29 is 12.9 Å². The van der Waals surface area contributed by atoms with Gasteiger partial charge in [-0.25, -0.2) is 18.4 Å². The van der Waals surface area contributed by atoms with E-state index >= 15 is 0 Å². The van der Waals surface area contributed by atoms with Gasteiger partial charge in [-0.3, -0.25) is 0 Å². The van der Waals surface area contributed by atoms with Crippen molar-refractivity contribution in [3.63, 3.8) is 0 Å². The molecule has 0 bridgehead atoms. The predicted octanol–water partition coefficient (Wildman–Crippen LogP) is 4.65. The van der Waals surface area contributed by atoms with Gasteiger partial charge in [-0.15, -0.1) is 11.3 Å². The van der Waals surface area contributed by atoms with Crippen molar-refractivity contribution in [1.29, 1.82) is 0 Å². The van der Waals surface area contributed by atoms with E-state index in [2.05, 4.69) is 44.2 Å². The Bertz CT molecular complexity index is 1390. The summed E-state index contributed by atoms with van der Waals surface area (Å²) in [6.45, 7) is 5.77. The topological polar surface area (TPSA) is 102 Å². The van der Waals surface area contributed by atoms with Crippen LogP contribution < -0.4 is 4.90 Å². The third-order valence-corrected chi connectivity index (χ3v) is 8.19. The molecule has 0 saturated carbocycles. The van der Waals surface area contributed by atoms with Gasteiger partial charge in [0, 0.05) is 42.1 Å². The second kappa shape index (κ2) is 8.49. The van der Waals surface area contributed by atoms with Crippen molar-refractivity contribution in [2.45, 2.75) is 43.4 Å². The molecule has 0 aliphatic carbocycles. The highest BCUT2D eigenvalue weighted by molar-refractivity contribution is 7.90. The van der Waals surface area contributed by atoms with Crippen LogP contribution in [0.2, 0.25) is 0 Å². The van der Waals surface area contributed by atoms with E-state index in [-0.39, 0.29) is 5.92 Å². The molecule has 0 atom stereocenters. The summed E-state index contributed by atoms with van der Waals surface area (Å²) in [5, 5.41) is 6.16. The highest BCUT2D eigenvalue weighted by atomic mass is 32.2. The molecule has 0 unspecified atom stereocenters. The minimum absolute atomic E-state index is 0.241. The van der Waals surface area contributed by atoms with E-state index in [1.807, 2.05) is 12.1 Å². The summed E-state index contributed by atoms with van der Waals surface area (Å²) in [7, 11) is -3.22. The maximum Gasteiger partial charge on any atom is 0.324 e. The summed E-state index contributed by atoms with van der Waals surface area (Å²) in [5.41, 5.74) is 3.95. The molecule has 8 nitrogen and oxygen atoms in total. The normalized spacial score (nSPS) is 15.6. The molecular formula is C23H25N5O3S2. The van der Waals surface area contributed by atoms with E-state index in [1.165, 1.54) is 6.26 Å². The quantitative estimate of drug-likeness (QED) is 0.404. The fourth-order valence-electron chi connectivity index (χ4n) is 4.18. The van der Waals surface area contributed by atoms with E-state index in [1.54, 1.807) is 29.8 Å². The number of hydrogen-bond donors (Lipinski definition) is 0. The highest BCUT2D eigenvalue weighted by Gasteiger charge is 2.27. The SMILES string of the molecule is CC(C)c1noc(N2CCC(c3ncnc4c(-c5ccc(S(C)(=O)=O)cc5)csc34)CC2)n1. The van der Waals surface area contributed by atoms with E-state index in [0.29, 0.717) is 16.8 Å². The lowest BCUT2D eigenvalue weighted by molar-refractivity contribution is 0.386. The molecule has 1 aliphatic rings. The van der Waals surface area contributed by atoms with Crippen LogP contribution in [0.5, 0.6) is 0 Å².